The Balaban J connectivity index is 1.95. The summed E-state index contributed by atoms with van der Waals surface area (Å²) in [5, 5.41) is 29.5. The van der Waals surface area contributed by atoms with Crippen LogP contribution in [0.15, 0.2) is 51.7 Å². The van der Waals surface area contributed by atoms with E-state index in [-0.39, 0.29) is 40.2 Å². The lowest BCUT2D eigenvalue weighted by Crippen LogP contribution is -2.08. The molecule has 7 heteroatoms. The second-order valence-corrected chi connectivity index (χ2v) is 5.72. The Morgan fingerprint density at radius 1 is 1.23 bits per heavy atom. The highest BCUT2D eigenvalue weighted by atomic mass is 16.5. The number of aromatic carboxylic acids is 1. The van der Waals surface area contributed by atoms with Gasteiger partial charge in [-0.1, -0.05) is 12.1 Å². The van der Waals surface area contributed by atoms with Crippen LogP contribution in [-0.2, 0) is 6.42 Å². The number of methoxy groups -OCH3 is 1. The van der Waals surface area contributed by atoms with Gasteiger partial charge in [-0.15, -0.1) is 0 Å². The number of phenolic OH excluding ortho intramolecular Hbond substituents is 1. The minimum Gasteiger partial charge on any atom is -0.504 e. The highest BCUT2D eigenvalue weighted by Gasteiger charge is 2.17. The molecule has 0 aliphatic heterocycles. The number of carbonyl (C=O) groups is 1. The topological polar surface area (TPSA) is 117 Å². The first-order valence-electron chi connectivity index (χ1n) is 7.74. The molecule has 1 heterocycles. The molecule has 0 saturated heterocycles. The summed E-state index contributed by atoms with van der Waals surface area (Å²) in [5.74, 6) is -1.04. The van der Waals surface area contributed by atoms with Crippen LogP contribution in [0, 0.1) is 0 Å². The third-order valence-electron chi connectivity index (χ3n) is 4.02. The van der Waals surface area contributed by atoms with E-state index in [0.29, 0.717) is 5.56 Å². The molecule has 0 saturated carbocycles. The zero-order chi connectivity index (χ0) is 18.8. The van der Waals surface area contributed by atoms with E-state index < -0.39 is 17.5 Å². The predicted octanol–water partition coefficient (Wildman–Crippen LogP) is 2.48. The van der Waals surface area contributed by atoms with Crippen molar-refractivity contribution >= 4 is 16.9 Å². The fraction of sp³-hybridized carbons (Fsp3) is 0.158. The first-order chi connectivity index (χ1) is 12.4. The molecule has 134 valence electrons. The normalized spacial score (nSPS) is 12.1. The molecule has 0 aliphatic carbocycles. The van der Waals surface area contributed by atoms with E-state index in [0.717, 1.165) is 0 Å². The van der Waals surface area contributed by atoms with E-state index in [4.69, 9.17) is 14.3 Å². The molecular formula is C19H16O7. The Morgan fingerprint density at radius 2 is 2.00 bits per heavy atom. The van der Waals surface area contributed by atoms with Crippen LogP contribution in [0.2, 0.25) is 0 Å². The van der Waals surface area contributed by atoms with Gasteiger partial charge in [0, 0.05) is 12.5 Å². The number of aliphatic hydroxyl groups excluding tert-OH is 1. The predicted molar refractivity (Wildman–Crippen MR) is 92.8 cm³/mol. The van der Waals surface area contributed by atoms with Gasteiger partial charge < -0.3 is 24.5 Å². The summed E-state index contributed by atoms with van der Waals surface area (Å²) in [6.45, 7) is 0. The fourth-order valence-electron chi connectivity index (χ4n) is 2.72. The van der Waals surface area contributed by atoms with Gasteiger partial charge in [0.05, 0.1) is 18.8 Å². The smallest absolute Gasteiger partial charge is 0.335 e. The monoisotopic (exact) mass is 356 g/mol. The number of aromatic hydroxyl groups is 1. The second kappa shape index (κ2) is 6.89. The highest BCUT2D eigenvalue weighted by Crippen LogP contribution is 2.33. The Hall–Kier alpha value is -3.32. The van der Waals surface area contributed by atoms with E-state index >= 15 is 0 Å². The van der Waals surface area contributed by atoms with Crippen molar-refractivity contribution in [2.24, 2.45) is 0 Å². The van der Waals surface area contributed by atoms with Gasteiger partial charge in [0.25, 0.3) is 0 Å². The van der Waals surface area contributed by atoms with Crippen LogP contribution in [-0.4, -0.2) is 28.4 Å². The summed E-state index contributed by atoms with van der Waals surface area (Å²) in [5.41, 5.74) is 0.144. The molecule has 0 aliphatic rings. The van der Waals surface area contributed by atoms with Crippen molar-refractivity contribution in [3.8, 4) is 11.5 Å². The van der Waals surface area contributed by atoms with Crippen molar-refractivity contribution < 1.29 is 29.3 Å². The van der Waals surface area contributed by atoms with Crippen LogP contribution in [0.4, 0.5) is 0 Å². The summed E-state index contributed by atoms with van der Waals surface area (Å²) in [6.07, 6.45) is -1.08. The Bertz CT molecular complexity index is 1040. The minimum absolute atomic E-state index is 0.00420. The molecule has 0 radical (unpaired) electrons. The van der Waals surface area contributed by atoms with Crippen LogP contribution in [0.5, 0.6) is 11.5 Å². The third kappa shape index (κ3) is 3.25. The molecule has 0 spiro atoms. The molecule has 1 unspecified atom stereocenters. The van der Waals surface area contributed by atoms with Crippen molar-refractivity contribution in [2.45, 2.75) is 12.5 Å². The van der Waals surface area contributed by atoms with Gasteiger partial charge in [0.1, 0.15) is 16.7 Å². The van der Waals surface area contributed by atoms with Crippen LogP contribution in [0.25, 0.3) is 11.0 Å². The molecule has 0 fully saturated rings. The molecule has 26 heavy (non-hydrogen) atoms. The van der Waals surface area contributed by atoms with Gasteiger partial charge >= 0.3 is 5.97 Å². The van der Waals surface area contributed by atoms with E-state index in [1.165, 1.54) is 43.5 Å². The van der Waals surface area contributed by atoms with E-state index in [1.54, 1.807) is 6.07 Å². The summed E-state index contributed by atoms with van der Waals surface area (Å²) in [7, 11) is 1.37. The Morgan fingerprint density at radius 3 is 2.69 bits per heavy atom. The van der Waals surface area contributed by atoms with Crippen LogP contribution in [0.3, 0.4) is 0 Å². The number of ether oxygens (including phenoxy) is 1. The lowest BCUT2D eigenvalue weighted by atomic mass is 10.0. The van der Waals surface area contributed by atoms with Gasteiger partial charge in [0.15, 0.2) is 16.9 Å². The maximum Gasteiger partial charge on any atom is 0.335 e. The van der Waals surface area contributed by atoms with E-state index in [1.807, 2.05) is 0 Å². The highest BCUT2D eigenvalue weighted by molar-refractivity contribution is 5.88. The number of phenols is 1. The van der Waals surface area contributed by atoms with Crippen molar-refractivity contribution in [1.82, 2.24) is 0 Å². The quantitative estimate of drug-likeness (QED) is 0.643. The van der Waals surface area contributed by atoms with Crippen molar-refractivity contribution in [2.75, 3.05) is 7.11 Å². The number of carboxylic acid groups (broad SMARTS) is 1. The van der Waals surface area contributed by atoms with Gasteiger partial charge in [-0.05, 0) is 29.8 Å². The summed E-state index contributed by atoms with van der Waals surface area (Å²) < 4.78 is 10.6. The summed E-state index contributed by atoms with van der Waals surface area (Å²) in [4.78, 5) is 23.3. The molecule has 3 aromatic rings. The van der Waals surface area contributed by atoms with Crippen molar-refractivity contribution in [3.63, 3.8) is 0 Å². The number of rotatable bonds is 5. The number of carboxylic acids is 1. The van der Waals surface area contributed by atoms with Gasteiger partial charge in [0.2, 0.25) is 0 Å². The second-order valence-electron chi connectivity index (χ2n) is 5.72. The van der Waals surface area contributed by atoms with Crippen molar-refractivity contribution in [1.29, 1.82) is 0 Å². The van der Waals surface area contributed by atoms with Crippen molar-refractivity contribution in [3.05, 3.63) is 69.6 Å². The molecule has 1 atom stereocenters. The average molecular weight is 356 g/mol. The largest absolute Gasteiger partial charge is 0.504 e. The molecular weight excluding hydrogens is 340 g/mol. The average Bonchev–Trinajstić information content (AvgIpc) is 2.61. The number of fused-ring (bicyclic) bond motifs is 1. The zero-order valence-electron chi connectivity index (χ0n) is 13.8. The Kier molecular flexibility index (Phi) is 4.64. The third-order valence-corrected chi connectivity index (χ3v) is 4.02. The van der Waals surface area contributed by atoms with Crippen LogP contribution in [0.1, 0.15) is 27.8 Å². The molecule has 0 bridgehead atoms. The van der Waals surface area contributed by atoms with E-state index in [9.17, 15) is 19.8 Å². The molecule has 3 rings (SSSR count). The van der Waals surface area contributed by atoms with Crippen LogP contribution >= 0.6 is 0 Å². The molecule has 7 nitrogen and oxygen atoms in total. The minimum atomic E-state index is -1.10. The maximum absolute atomic E-state index is 12.3. The van der Waals surface area contributed by atoms with Gasteiger partial charge in [-0.2, -0.15) is 0 Å². The lowest BCUT2D eigenvalue weighted by Gasteiger charge is -2.12. The Labute approximate surface area is 147 Å². The lowest BCUT2D eigenvalue weighted by molar-refractivity contribution is 0.0696. The van der Waals surface area contributed by atoms with E-state index in [2.05, 4.69) is 0 Å². The number of hydrogen-bond acceptors (Lipinski definition) is 6. The fourth-order valence-corrected chi connectivity index (χ4v) is 2.72. The molecule has 0 amide bonds. The molecule has 3 N–H and O–H groups in total. The van der Waals surface area contributed by atoms with Gasteiger partial charge in [-0.25, -0.2) is 4.79 Å². The van der Waals surface area contributed by atoms with Gasteiger partial charge in [-0.3, -0.25) is 4.79 Å². The summed E-state index contributed by atoms with van der Waals surface area (Å²) >= 11 is 0. The standard InChI is InChI=1S/C19H16O7/c1-25-16-6-5-15-17(18(16)22)14(21)9-12(26-15)8-13(20)10-3-2-4-11(7-10)19(23)24/h2-7,9,13,20,22H,8H2,1H3,(H,23,24). The number of hydrogen-bond donors (Lipinski definition) is 3. The first kappa shape index (κ1) is 17.5. The molecule has 1 aromatic heterocycles. The number of aliphatic hydroxyl groups is 1. The zero-order valence-corrected chi connectivity index (χ0v) is 13.8. The molecule has 2 aromatic carbocycles. The maximum atomic E-state index is 12.3. The SMILES string of the molecule is COc1ccc2oc(CC(O)c3cccc(C(=O)O)c3)cc(=O)c2c1O. The summed E-state index contributed by atoms with van der Waals surface area (Å²) in [6, 6.07) is 10.1. The first-order valence-corrected chi connectivity index (χ1v) is 7.74. The van der Waals surface area contributed by atoms with Crippen LogP contribution < -0.4 is 10.2 Å². The number of benzene rings is 2.